The Morgan fingerprint density at radius 2 is 1.93 bits per heavy atom. The lowest BCUT2D eigenvalue weighted by molar-refractivity contribution is -0.131. The molecule has 0 spiro atoms. The molecule has 1 amide bonds. The minimum absolute atomic E-state index is 0.0984. The van der Waals surface area contributed by atoms with Crippen molar-refractivity contribution >= 4 is 11.9 Å². The van der Waals surface area contributed by atoms with Crippen LogP contribution in [0.15, 0.2) is 4.99 Å². The molecular formula is C21H38N4O2. The number of amides is 1. The summed E-state index contributed by atoms with van der Waals surface area (Å²) in [4.78, 5) is 19.4. The molecule has 2 saturated carbocycles. The number of rotatable bonds is 8. The summed E-state index contributed by atoms with van der Waals surface area (Å²) in [6, 6.07) is 0.446. The Morgan fingerprint density at radius 3 is 2.59 bits per heavy atom. The number of nitrogens with zero attached hydrogens (tertiary/aromatic N) is 2. The second-order valence-electron chi connectivity index (χ2n) is 9.02. The van der Waals surface area contributed by atoms with Gasteiger partial charge in [0, 0.05) is 19.6 Å². The lowest BCUT2D eigenvalue weighted by Crippen LogP contribution is -2.45. The van der Waals surface area contributed by atoms with Gasteiger partial charge in [0.2, 0.25) is 0 Å². The molecular weight excluding hydrogens is 340 g/mol. The maximum Gasteiger partial charge on any atom is 0.257 e. The number of aliphatic hydroxyl groups excluding tert-OH is 1. The molecule has 3 aliphatic rings. The van der Waals surface area contributed by atoms with Gasteiger partial charge in [0.1, 0.15) is 5.54 Å². The van der Waals surface area contributed by atoms with Crippen molar-refractivity contribution in [1.29, 1.82) is 0 Å². The van der Waals surface area contributed by atoms with E-state index in [1.807, 2.05) is 0 Å². The number of carbonyl (C=O) groups excluding carboxylic acids is 1. The molecule has 0 aromatic heterocycles. The maximum atomic E-state index is 13.1. The highest BCUT2D eigenvalue weighted by Crippen LogP contribution is 2.40. The van der Waals surface area contributed by atoms with E-state index in [1.54, 1.807) is 11.9 Å². The van der Waals surface area contributed by atoms with E-state index < -0.39 is 5.54 Å². The van der Waals surface area contributed by atoms with E-state index in [9.17, 15) is 4.79 Å². The monoisotopic (exact) mass is 378 g/mol. The number of guanidine groups is 1. The Labute approximate surface area is 164 Å². The Kier molecular flexibility index (Phi) is 7.15. The van der Waals surface area contributed by atoms with Crippen molar-refractivity contribution in [2.45, 2.75) is 88.6 Å². The third kappa shape index (κ3) is 5.02. The minimum Gasteiger partial charge on any atom is -0.395 e. The van der Waals surface area contributed by atoms with Crippen LogP contribution in [0.25, 0.3) is 0 Å². The summed E-state index contributed by atoms with van der Waals surface area (Å²) < 4.78 is 0. The van der Waals surface area contributed by atoms with E-state index in [0.717, 1.165) is 44.4 Å². The van der Waals surface area contributed by atoms with Gasteiger partial charge in [0.25, 0.3) is 5.91 Å². The van der Waals surface area contributed by atoms with E-state index in [0.29, 0.717) is 24.5 Å². The van der Waals surface area contributed by atoms with Crippen LogP contribution in [0.2, 0.25) is 0 Å². The molecule has 6 nitrogen and oxygen atoms in total. The highest BCUT2D eigenvalue weighted by Gasteiger charge is 2.47. The average Bonchev–Trinajstić information content (AvgIpc) is 2.90. The zero-order valence-electron chi connectivity index (χ0n) is 17.0. The molecule has 2 aliphatic carbocycles. The van der Waals surface area contributed by atoms with Crippen LogP contribution in [0.3, 0.4) is 0 Å². The molecule has 1 heterocycles. The molecule has 0 bridgehead atoms. The van der Waals surface area contributed by atoms with Gasteiger partial charge in [-0.05, 0) is 43.9 Å². The van der Waals surface area contributed by atoms with Crippen molar-refractivity contribution in [2.75, 3.05) is 20.2 Å². The van der Waals surface area contributed by atoms with Crippen LogP contribution in [0.5, 0.6) is 0 Å². The van der Waals surface area contributed by atoms with Gasteiger partial charge < -0.3 is 16.2 Å². The molecule has 6 heteroatoms. The van der Waals surface area contributed by atoms with Crippen molar-refractivity contribution < 1.29 is 9.90 Å². The van der Waals surface area contributed by atoms with E-state index in [2.05, 4.69) is 5.32 Å². The summed E-state index contributed by atoms with van der Waals surface area (Å²) in [7, 11) is 1.76. The topological polar surface area (TPSA) is 91.0 Å². The first-order chi connectivity index (χ1) is 13.0. The van der Waals surface area contributed by atoms with Crippen molar-refractivity contribution in [1.82, 2.24) is 10.2 Å². The van der Waals surface area contributed by atoms with E-state index in [-0.39, 0.29) is 12.5 Å². The standard InChI is InChI=1S/C21H38N4O2/c1-25-19(27)21(24-20(25)22,11-10-16-6-3-2-4-7-16)15-17-8-5-9-18(14-17)23-12-13-26/h16-18,23,26H,2-15H2,1H3,(H2,22,24)/t17-,18-,21+/m0/s1. The molecule has 0 aromatic carbocycles. The first-order valence-electron chi connectivity index (χ1n) is 11.0. The van der Waals surface area contributed by atoms with Gasteiger partial charge >= 0.3 is 0 Å². The van der Waals surface area contributed by atoms with Gasteiger partial charge in [-0.2, -0.15) is 0 Å². The number of hydrogen-bond acceptors (Lipinski definition) is 5. The normalized spacial score (nSPS) is 32.7. The molecule has 154 valence electrons. The maximum absolute atomic E-state index is 13.1. The Morgan fingerprint density at radius 1 is 1.19 bits per heavy atom. The fourth-order valence-corrected chi connectivity index (χ4v) is 5.48. The van der Waals surface area contributed by atoms with Crippen LogP contribution >= 0.6 is 0 Å². The van der Waals surface area contributed by atoms with Crippen molar-refractivity contribution in [3.05, 3.63) is 0 Å². The van der Waals surface area contributed by atoms with Gasteiger partial charge in [-0.25, -0.2) is 4.99 Å². The first-order valence-corrected chi connectivity index (χ1v) is 11.0. The molecule has 0 radical (unpaired) electrons. The molecule has 4 N–H and O–H groups in total. The Bertz CT molecular complexity index is 532. The number of likely N-dealkylation sites (N-methyl/N-ethyl adjacent to an activating group) is 1. The molecule has 0 unspecified atom stereocenters. The third-order valence-corrected chi connectivity index (χ3v) is 7.02. The Balaban J connectivity index is 1.66. The third-order valence-electron chi connectivity index (χ3n) is 7.02. The molecule has 0 saturated heterocycles. The van der Waals surface area contributed by atoms with Gasteiger partial charge in [0.05, 0.1) is 6.61 Å². The van der Waals surface area contributed by atoms with Gasteiger partial charge in [0.15, 0.2) is 5.96 Å². The summed E-state index contributed by atoms with van der Waals surface area (Å²) in [6.07, 6.45) is 13.9. The predicted molar refractivity (Wildman–Crippen MR) is 108 cm³/mol. The van der Waals surface area contributed by atoms with E-state index in [4.69, 9.17) is 15.8 Å². The summed E-state index contributed by atoms with van der Waals surface area (Å²) in [5.74, 6) is 1.72. The summed E-state index contributed by atoms with van der Waals surface area (Å²) in [5.41, 5.74) is 5.43. The van der Waals surface area contributed by atoms with Crippen LogP contribution in [-0.2, 0) is 4.79 Å². The molecule has 3 rings (SSSR count). The van der Waals surface area contributed by atoms with Gasteiger partial charge in [-0.3, -0.25) is 9.69 Å². The average molecular weight is 379 g/mol. The van der Waals surface area contributed by atoms with Crippen LogP contribution < -0.4 is 11.1 Å². The second kappa shape index (κ2) is 9.37. The highest BCUT2D eigenvalue weighted by atomic mass is 16.3. The summed E-state index contributed by atoms with van der Waals surface area (Å²) >= 11 is 0. The lowest BCUT2D eigenvalue weighted by Gasteiger charge is -2.35. The summed E-state index contributed by atoms with van der Waals surface area (Å²) in [5, 5.41) is 12.5. The molecule has 3 atom stereocenters. The molecule has 1 aliphatic heterocycles. The fourth-order valence-electron chi connectivity index (χ4n) is 5.48. The number of aliphatic hydroxyl groups is 1. The quantitative estimate of drug-likeness (QED) is 0.605. The van der Waals surface area contributed by atoms with Crippen LogP contribution in [0.1, 0.15) is 77.0 Å². The van der Waals surface area contributed by atoms with E-state index >= 15 is 0 Å². The van der Waals surface area contributed by atoms with Crippen molar-refractivity contribution in [3.8, 4) is 0 Å². The highest BCUT2D eigenvalue weighted by molar-refractivity contribution is 6.06. The van der Waals surface area contributed by atoms with Gasteiger partial charge in [-0.15, -0.1) is 0 Å². The smallest absolute Gasteiger partial charge is 0.257 e. The minimum atomic E-state index is -0.639. The van der Waals surface area contributed by atoms with Crippen molar-refractivity contribution in [3.63, 3.8) is 0 Å². The largest absolute Gasteiger partial charge is 0.395 e. The predicted octanol–water partition coefficient (Wildman–Crippen LogP) is 2.40. The molecule has 27 heavy (non-hydrogen) atoms. The number of hydrogen-bond donors (Lipinski definition) is 3. The fraction of sp³-hybridized carbons (Fsp3) is 0.905. The lowest BCUT2D eigenvalue weighted by atomic mass is 9.74. The Hall–Kier alpha value is -1.14. The molecule has 2 fully saturated rings. The number of carbonyl (C=O) groups is 1. The molecule has 0 aromatic rings. The van der Waals surface area contributed by atoms with Crippen molar-refractivity contribution in [2.24, 2.45) is 22.6 Å². The first kappa shape index (κ1) is 20.6. The number of nitrogens with two attached hydrogens (primary N) is 1. The zero-order valence-corrected chi connectivity index (χ0v) is 17.0. The van der Waals surface area contributed by atoms with Gasteiger partial charge in [-0.1, -0.05) is 44.9 Å². The number of nitrogens with one attached hydrogen (secondary N) is 1. The number of aliphatic imine (C=N–C) groups is 1. The SMILES string of the molecule is CN1C(=O)[C@@](CCC2CCCCC2)(C[C@H]2CCC[C@H](NCCO)C2)N=C1N. The zero-order chi connectivity index (χ0) is 19.3. The second-order valence-corrected chi connectivity index (χ2v) is 9.02. The van der Waals surface area contributed by atoms with Crippen LogP contribution in [-0.4, -0.2) is 53.7 Å². The summed E-state index contributed by atoms with van der Waals surface area (Å²) in [6.45, 7) is 0.827. The van der Waals surface area contributed by atoms with Crippen LogP contribution in [0.4, 0.5) is 0 Å². The van der Waals surface area contributed by atoms with E-state index in [1.165, 1.54) is 38.5 Å². The van der Waals surface area contributed by atoms with Crippen LogP contribution in [0, 0.1) is 11.8 Å².